The fourth-order valence-electron chi connectivity index (χ4n) is 1.56. The van der Waals surface area contributed by atoms with Gasteiger partial charge in [-0.05, 0) is 5.56 Å². The maximum absolute atomic E-state index is 11.5. The van der Waals surface area contributed by atoms with Gasteiger partial charge in [0.1, 0.15) is 6.61 Å². The first-order valence-corrected chi connectivity index (χ1v) is 8.16. The molecular weight excluding hydrogens is 310 g/mol. The van der Waals surface area contributed by atoms with Crippen LogP contribution in [-0.2, 0) is 29.1 Å². The first-order chi connectivity index (χ1) is 10.3. The summed E-state index contributed by atoms with van der Waals surface area (Å²) >= 11 is 0. The fraction of sp³-hybridized carbons (Fsp3) is 0.286. The van der Waals surface area contributed by atoms with E-state index in [-0.39, 0.29) is 6.61 Å². The fourth-order valence-corrected chi connectivity index (χ4v) is 2.28. The number of ether oxygens (including phenoxy) is 2. The topological polar surface area (TPSA) is 98.8 Å². The molecule has 1 atom stereocenters. The quantitative estimate of drug-likeness (QED) is 0.580. The van der Waals surface area contributed by atoms with E-state index in [2.05, 4.69) is 9.46 Å². The highest BCUT2D eigenvalue weighted by atomic mass is 32.2. The molecule has 1 aromatic rings. The number of benzene rings is 1. The van der Waals surface area contributed by atoms with Crippen molar-refractivity contribution in [1.29, 1.82) is 0 Å². The summed E-state index contributed by atoms with van der Waals surface area (Å²) < 4.78 is 34.4. The van der Waals surface area contributed by atoms with E-state index < -0.39 is 28.0 Å². The van der Waals surface area contributed by atoms with Crippen molar-refractivity contribution in [2.45, 2.75) is 6.04 Å². The maximum Gasteiger partial charge on any atom is 0.331 e. The Balaban J connectivity index is 2.72. The summed E-state index contributed by atoms with van der Waals surface area (Å²) in [6.07, 6.45) is 2.85. The van der Waals surface area contributed by atoms with Crippen LogP contribution in [0.2, 0.25) is 0 Å². The molecule has 0 saturated heterocycles. The molecule has 0 aliphatic carbocycles. The Bertz CT molecular complexity index is 639. The monoisotopic (exact) mass is 327 g/mol. The smallest absolute Gasteiger partial charge is 0.331 e. The van der Waals surface area contributed by atoms with Gasteiger partial charge in [0.2, 0.25) is 10.0 Å². The van der Waals surface area contributed by atoms with Gasteiger partial charge in [0, 0.05) is 12.2 Å². The molecule has 0 spiro atoms. The highest BCUT2D eigenvalue weighted by Gasteiger charge is 2.17. The molecule has 0 radical (unpaired) electrons. The average Bonchev–Trinajstić information content (AvgIpc) is 2.48. The molecule has 22 heavy (non-hydrogen) atoms. The summed E-state index contributed by atoms with van der Waals surface area (Å²) in [5.41, 5.74) is 0.651. The summed E-state index contributed by atoms with van der Waals surface area (Å²) in [5.74, 6) is -1.47. The molecule has 1 unspecified atom stereocenters. The highest BCUT2D eigenvalue weighted by Crippen LogP contribution is 2.14. The highest BCUT2D eigenvalue weighted by molar-refractivity contribution is 7.88. The molecule has 0 aliphatic rings. The van der Waals surface area contributed by atoms with E-state index in [4.69, 9.17) is 4.74 Å². The number of hydrogen-bond acceptors (Lipinski definition) is 6. The zero-order valence-corrected chi connectivity index (χ0v) is 13.0. The summed E-state index contributed by atoms with van der Waals surface area (Å²) in [6.45, 7) is -0.207. The van der Waals surface area contributed by atoms with Crippen molar-refractivity contribution in [1.82, 2.24) is 4.72 Å². The molecule has 0 fully saturated rings. The Morgan fingerprint density at radius 2 is 1.77 bits per heavy atom. The molecule has 1 aromatic carbocycles. The molecule has 8 heteroatoms. The van der Waals surface area contributed by atoms with Crippen LogP contribution >= 0.6 is 0 Å². The van der Waals surface area contributed by atoms with Crippen molar-refractivity contribution in [3.05, 3.63) is 48.0 Å². The lowest BCUT2D eigenvalue weighted by molar-refractivity contribution is -0.139. The predicted octanol–water partition coefficient (Wildman–Crippen LogP) is 0.549. The van der Waals surface area contributed by atoms with Crippen LogP contribution in [0.3, 0.4) is 0 Å². The van der Waals surface area contributed by atoms with Gasteiger partial charge < -0.3 is 9.47 Å². The third-order valence-electron chi connectivity index (χ3n) is 2.51. The number of hydrogen-bond donors (Lipinski definition) is 1. The van der Waals surface area contributed by atoms with Crippen LogP contribution in [0.1, 0.15) is 11.6 Å². The Kier molecular flexibility index (Phi) is 6.74. The number of rotatable bonds is 7. The molecule has 0 bridgehead atoms. The van der Waals surface area contributed by atoms with Crippen LogP contribution in [0.15, 0.2) is 42.5 Å². The molecule has 1 N–H and O–H groups in total. The Hall–Kier alpha value is -2.19. The van der Waals surface area contributed by atoms with E-state index >= 15 is 0 Å². The van der Waals surface area contributed by atoms with Gasteiger partial charge in [-0.2, -0.15) is 0 Å². The summed E-state index contributed by atoms with van der Waals surface area (Å²) in [7, 11) is -2.30. The largest absolute Gasteiger partial charge is 0.466 e. The second-order valence-electron chi connectivity index (χ2n) is 4.34. The van der Waals surface area contributed by atoms with E-state index in [0.717, 1.165) is 18.4 Å². The molecule has 120 valence electrons. The minimum atomic E-state index is -3.48. The Labute approximate surface area is 129 Å². The minimum Gasteiger partial charge on any atom is -0.466 e. The van der Waals surface area contributed by atoms with E-state index in [1.165, 1.54) is 7.11 Å². The second-order valence-corrected chi connectivity index (χ2v) is 6.12. The van der Waals surface area contributed by atoms with Crippen molar-refractivity contribution < 1.29 is 27.5 Å². The van der Waals surface area contributed by atoms with Crippen LogP contribution in [0.25, 0.3) is 0 Å². The first-order valence-electron chi connectivity index (χ1n) is 6.27. The summed E-state index contributed by atoms with van der Waals surface area (Å²) in [5, 5.41) is 0. The third-order valence-corrected chi connectivity index (χ3v) is 3.22. The molecule has 0 aromatic heterocycles. The second kappa shape index (κ2) is 8.30. The van der Waals surface area contributed by atoms with Crippen LogP contribution in [0.5, 0.6) is 0 Å². The number of esters is 2. The van der Waals surface area contributed by atoms with Gasteiger partial charge in [0.25, 0.3) is 0 Å². The van der Waals surface area contributed by atoms with Crippen LogP contribution in [0, 0.1) is 0 Å². The lowest BCUT2D eigenvalue weighted by Gasteiger charge is -2.17. The minimum absolute atomic E-state index is 0.207. The lowest BCUT2D eigenvalue weighted by Crippen LogP contribution is -2.31. The standard InChI is InChI=1S/C14H17NO6S/c1-20-13(16)8-9-14(17)21-10-12(15-22(2,18)19)11-6-4-3-5-7-11/h3-9,12,15H,10H2,1-2H3/b9-8+. The molecule has 0 saturated carbocycles. The average molecular weight is 327 g/mol. The Morgan fingerprint density at radius 3 is 2.32 bits per heavy atom. The number of sulfonamides is 1. The maximum atomic E-state index is 11.5. The molecular formula is C14H17NO6S. The van der Waals surface area contributed by atoms with Crippen molar-refractivity contribution in [3.8, 4) is 0 Å². The molecule has 0 heterocycles. The normalized spacial score (nSPS) is 12.8. The van der Waals surface area contributed by atoms with Gasteiger partial charge in [0.05, 0.1) is 19.4 Å². The van der Waals surface area contributed by atoms with Gasteiger partial charge in [-0.25, -0.2) is 22.7 Å². The van der Waals surface area contributed by atoms with Crippen LogP contribution in [-0.4, -0.2) is 40.3 Å². The van der Waals surface area contributed by atoms with Crippen molar-refractivity contribution in [2.24, 2.45) is 0 Å². The van der Waals surface area contributed by atoms with E-state index in [9.17, 15) is 18.0 Å². The zero-order valence-electron chi connectivity index (χ0n) is 12.2. The van der Waals surface area contributed by atoms with E-state index in [1.807, 2.05) is 0 Å². The molecule has 7 nitrogen and oxygen atoms in total. The van der Waals surface area contributed by atoms with Gasteiger partial charge >= 0.3 is 11.9 Å². The number of methoxy groups -OCH3 is 1. The van der Waals surface area contributed by atoms with Gasteiger partial charge in [-0.1, -0.05) is 30.3 Å². The van der Waals surface area contributed by atoms with Crippen LogP contribution in [0.4, 0.5) is 0 Å². The Morgan fingerprint density at radius 1 is 1.18 bits per heavy atom. The number of carbonyl (C=O) groups excluding carboxylic acids is 2. The predicted molar refractivity (Wildman–Crippen MR) is 79.3 cm³/mol. The molecule has 1 rings (SSSR count). The SMILES string of the molecule is COC(=O)/C=C/C(=O)OCC(NS(C)(=O)=O)c1ccccc1. The summed E-state index contributed by atoms with van der Waals surface area (Å²) in [6, 6.07) is 7.97. The van der Waals surface area contributed by atoms with Crippen molar-refractivity contribution >= 4 is 22.0 Å². The number of nitrogens with one attached hydrogen (secondary N) is 1. The zero-order chi connectivity index (χ0) is 16.6. The van der Waals surface area contributed by atoms with Crippen molar-refractivity contribution in [2.75, 3.05) is 20.0 Å². The third kappa shape index (κ3) is 7.00. The molecule has 0 amide bonds. The van der Waals surface area contributed by atoms with E-state index in [0.29, 0.717) is 5.56 Å². The van der Waals surface area contributed by atoms with Crippen LogP contribution < -0.4 is 4.72 Å². The first kappa shape index (κ1) is 17.9. The van der Waals surface area contributed by atoms with Gasteiger partial charge in [-0.15, -0.1) is 0 Å². The van der Waals surface area contributed by atoms with Gasteiger partial charge in [-0.3, -0.25) is 0 Å². The van der Waals surface area contributed by atoms with Gasteiger partial charge in [0.15, 0.2) is 0 Å². The summed E-state index contributed by atoms with van der Waals surface area (Å²) in [4.78, 5) is 22.3. The number of carbonyl (C=O) groups is 2. The van der Waals surface area contributed by atoms with E-state index in [1.54, 1.807) is 30.3 Å². The van der Waals surface area contributed by atoms with Crippen molar-refractivity contribution in [3.63, 3.8) is 0 Å². The molecule has 0 aliphatic heterocycles. The lowest BCUT2D eigenvalue weighted by atomic mass is 10.1.